The Hall–Kier alpha value is -2.28. The van der Waals surface area contributed by atoms with Crippen molar-refractivity contribution in [2.45, 2.75) is 13.3 Å². The first-order chi connectivity index (χ1) is 11.5. The highest BCUT2D eigenvalue weighted by molar-refractivity contribution is 7.09. The van der Waals surface area contributed by atoms with Crippen LogP contribution < -0.4 is 5.73 Å². The van der Waals surface area contributed by atoms with Gasteiger partial charge >= 0.3 is 0 Å². The van der Waals surface area contributed by atoms with E-state index in [1.165, 1.54) is 17.4 Å². The second kappa shape index (κ2) is 6.68. The molecule has 0 bridgehead atoms. The van der Waals surface area contributed by atoms with E-state index in [-0.39, 0.29) is 29.5 Å². The van der Waals surface area contributed by atoms with Crippen LogP contribution in [0.25, 0.3) is 0 Å². The van der Waals surface area contributed by atoms with Crippen molar-refractivity contribution < 1.29 is 14.0 Å². The average Bonchev–Trinajstić information content (AvgIpc) is 3.16. The Kier molecular flexibility index (Phi) is 4.62. The summed E-state index contributed by atoms with van der Waals surface area (Å²) < 4.78 is 13.7. The van der Waals surface area contributed by atoms with Gasteiger partial charge in [-0.2, -0.15) is 0 Å². The van der Waals surface area contributed by atoms with Crippen LogP contribution >= 0.6 is 11.3 Å². The lowest BCUT2D eigenvalue weighted by Gasteiger charge is -2.14. The number of aromatic nitrogens is 1. The normalized spacial score (nSPS) is 20.3. The molecular weight excluding hydrogens is 329 g/mol. The van der Waals surface area contributed by atoms with Crippen LogP contribution in [0.5, 0.6) is 0 Å². The third-order valence-corrected chi connectivity index (χ3v) is 5.18. The molecule has 24 heavy (non-hydrogen) atoms. The van der Waals surface area contributed by atoms with Gasteiger partial charge in [-0.1, -0.05) is 25.1 Å². The minimum absolute atomic E-state index is 0.0444. The van der Waals surface area contributed by atoms with Gasteiger partial charge in [0.15, 0.2) is 0 Å². The zero-order valence-electron chi connectivity index (χ0n) is 13.2. The number of hydrogen-bond acceptors (Lipinski definition) is 4. The Bertz CT molecular complexity index is 777. The highest BCUT2D eigenvalue weighted by Crippen LogP contribution is 2.25. The largest absolute Gasteiger partial charge is 0.369 e. The predicted molar refractivity (Wildman–Crippen MR) is 89.1 cm³/mol. The minimum Gasteiger partial charge on any atom is -0.369 e. The molecule has 3 rings (SSSR count). The molecule has 126 valence electrons. The summed E-state index contributed by atoms with van der Waals surface area (Å²) in [5, 5.41) is 2.36. The van der Waals surface area contributed by atoms with Crippen molar-refractivity contribution in [3.63, 3.8) is 0 Å². The third kappa shape index (κ3) is 3.31. The number of nitrogens with two attached hydrogens (primary N) is 1. The van der Waals surface area contributed by atoms with E-state index in [9.17, 15) is 14.0 Å². The number of rotatable bonds is 4. The zero-order valence-corrected chi connectivity index (χ0v) is 14.1. The number of carbonyl (C=O) groups excluding carboxylic acids is 2. The minimum atomic E-state index is -0.378. The van der Waals surface area contributed by atoms with Gasteiger partial charge in [0.1, 0.15) is 11.5 Å². The van der Waals surface area contributed by atoms with Gasteiger partial charge in [0.2, 0.25) is 5.91 Å². The average molecular weight is 347 g/mol. The molecule has 2 aromatic rings. The first-order valence-corrected chi connectivity index (χ1v) is 8.60. The third-order valence-electron chi connectivity index (χ3n) is 4.34. The van der Waals surface area contributed by atoms with Crippen molar-refractivity contribution in [3.05, 3.63) is 51.7 Å². The first kappa shape index (κ1) is 16.6. The standard InChI is InChI=1S/C17H18FN3O2S/c1-10-7-21(8-12(10)16(19)22)17(23)14-9-24-15(20-14)6-11-4-2-3-5-13(11)18/h2-5,9-10,12H,6-8H2,1H3,(H2,19,22)/t10-,12-/m1/s1. The molecule has 2 N–H and O–H groups in total. The van der Waals surface area contributed by atoms with E-state index < -0.39 is 0 Å². The lowest BCUT2D eigenvalue weighted by atomic mass is 9.98. The summed E-state index contributed by atoms with van der Waals surface area (Å²) in [5.74, 6) is -1.13. The van der Waals surface area contributed by atoms with Crippen LogP contribution in [0.4, 0.5) is 4.39 Å². The lowest BCUT2D eigenvalue weighted by molar-refractivity contribution is -0.122. The van der Waals surface area contributed by atoms with Crippen molar-refractivity contribution in [2.75, 3.05) is 13.1 Å². The molecule has 1 aromatic heterocycles. The molecule has 0 saturated carbocycles. The Morgan fingerprint density at radius 3 is 2.79 bits per heavy atom. The van der Waals surface area contributed by atoms with Gasteiger partial charge in [0, 0.05) is 24.9 Å². The van der Waals surface area contributed by atoms with Gasteiger partial charge < -0.3 is 10.6 Å². The zero-order chi connectivity index (χ0) is 17.3. The molecule has 2 atom stereocenters. The molecule has 2 amide bonds. The van der Waals surface area contributed by atoms with Crippen LogP contribution in [0.2, 0.25) is 0 Å². The number of likely N-dealkylation sites (tertiary alicyclic amines) is 1. The second-order valence-corrected chi connectivity index (χ2v) is 7.03. The molecular formula is C17H18FN3O2S. The molecule has 7 heteroatoms. The van der Waals surface area contributed by atoms with E-state index in [0.29, 0.717) is 35.8 Å². The molecule has 0 unspecified atom stereocenters. The molecule has 2 heterocycles. The fraction of sp³-hybridized carbons (Fsp3) is 0.353. The van der Waals surface area contributed by atoms with Crippen LogP contribution in [0.1, 0.15) is 28.0 Å². The van der Waals surface area contributed by atoms with Crippen molar-refractivity contribution in [3.8, 4) is 0 Å². The fourth-order valence-corrected chi connectivity index (χ4v) is 3.75. The molecule has 1 fully saturated rings. The van der Waals surface area contributed by atoms with Crippen LogP contribution in [-0.2, 0) is 11.2 Å². The molecule has 5 nitrogen and oxygen atoms in total. The maximum Gasteiger partial charge on any atom is 0.273 e. The molecule has 0 radical (unpaired) electrons. The fourth-order valence-electron chi connectivity index (χ4n) is 2.96. The number of hydrogen-bond donors (Lipinski definition) is 1. The summed E-state index contributed by atoms with van der Waals surface area (Å²) in [6.07, 6.45) is 0.352. The summed E-state index contributed by atoms with van der Waals surface area (Å²) in [6.45, 7) is 2.73. The van der Waals surface area contributed by atoms with Crippen LogP contribution in [0.3, 0.4) is 0 Å². The SMILES string of the molecule is C[C@@H]1CN(C(=O)c2csc(Cc3ccccc3F)n2)C[C@H]1C(N)=O. The molecule has 1 aromatic carbocycles. The summed E-state index contributed by atoms with van der Waals surface area (Å²) in [6, 6.07) is 6.52. The summed E-state index contributed by atoms with van der Waals surface area (Å²) in [7, 11) is 0. The van der Waals surface area contributed by atoms with Gasteiger partial charge in [-0.3, -0.25) is 9.59 Å². The first-order valence-electron chi connectivity index (χ1n) is 7.72. The number of thiazole rings is 1. The van der Waals surface area contributed by atoms with E-state index >= 15 is 0 Å². The molecule has 1 aliphatic heterocycles. The van der Waals surface area contributed by atoms with E-state index in [1.807, 2.05) is 6.92 Å². The van der Waals surface area contributed by atoms with Crippen molar-refractivity contribution in [1.29, 1.82) is 0 Å². The molecule has 1 saturated heterocycles. The summed E-state index contributed by atoms with van der Waals surface area (Å²) in [5.41, 5.74) is 6.25. The monoisotopic (exact) mass is 347 g/mol. The second-order valence-electron chi connectivity index (χ2n) is 6.09. The van der Waals surface area contributed by atoms with Gasteiger partial charge in [-0.05, 0) is 17.5 Å². The van der Waals surface area contributed by atoms with Gasteiger partial charge in [0.05, 0.1) is 10.9 Å². The van der Waals surface area contributed by atoms with Crippen LogP contribution in [0, 0.1) is 17.7 Å². The number of nitrogens with zero attached hydrogens (tertiary/aromatic N) is 2. The molecule has 0 aliphatic carbocycles. The van der Waals surface area contributed by atoms with E-state index in [0.717, 1.165) is 0 Å². The number of primary amides is 1. The van der Waals surface area contributed by atoms with Crippen LogP contribution in [-0.4, -0.2) is 34.8 Å². The quantitative estimate of drug-likeness (QED) is 0.920. The van der Waals surface area contributed by atoms with E-state index in [4.69, 9.17) is 5.73 Å². The highest BCUT2D eigenvalue weighted by Gasteiger charge is 2.36. The Labute approximate surface area is 143 Å². The number of amides is 2. The van der Waals surface area contributed by atoms with Crippen molar-refractivity contribution in [2.24, 2.45) is 17.6 Å². The predicted octanol–water partition coefficient (Wildman–Crippen LogP) is 2.07. The summed E-state index contributed by atoms with van der Waals surface area (Å²) >= 11 is 1.33. The number of benzene rings is 1. The number of halogens is 1. The van der Waals surface area contributed by atoms with E-state index in [1.54, 1.807) is 28.5 Å². The van der Waals surface area contributed by atoms with E-state index in [2.05, 4.69) is 4.98 Å². The van der Waals surface area contributed by atoms with Crippen molar-refractivity contribution in [1.82, 2.24) is 9.88 Å². The van der Waals surface area contributed by atoms with Crippen LogP contribution in [0.15, 0.2) is 29.6 Å². The topological polar surface area (TPSA) is 76.3 Å². The molecule has 1 aliphatic rings. The Morgan fingerprint density at radius 2 is 2.12 bits per heavy atom. The Balaban J connectivity index is 1.71. The maximum absolute atomic E-state index is 13.7. The highest BCUT2D eigenvalue weighted by atomic mass is 32.1. The van der Waals surface area contributed by atoms with Gasteiger partial charge in [-0.25, -0.2) is 9.37 Å². The maximum atomic E-state index is 13.7. The Morgan fingerprint density at radius 1 is 1.38 bits per heavy atom. The molecule has 0 spiro atoms. The number of carbonyl (C=O) groups is 2. The van der Waals surface area contributed by atoms with Gasteiger partial charge in [-0.15, -0.1) is 11.3 Å². The lowest BCUT2D eigenvalue weighted by Crippen LogP contribution is -2.32. The van der Waals surface area contributed by atoms with Gasteiger partial charge in [0.25, 0.3) is 5.91 Å². The van der Waals surface area contributed by atoms with Crippen molar-refractivity contribution >= 4 is 23.2 Å². The summed E-state index contributed by atoms with van der Waals surface area (Å²) in [4.78, 5) is 29.9. The smallest absolute Gasteiger partial charge is 0.273 e.